The first-order chi connectivity index (χ1) is 6.75. The minimum absolute atomic E-state index is 0.852. The maximum Gasteiger partial charge on any atom is 0.0366 e. The van der Waals surface area contributed by atoms with E-state index in [9.17, 15) is 0 Å². The van der Waals surface area contributed by atoms with Gasteiger partial charge >= 0.3 is 0 Å². The first-order valence-electron chi connectivity index (χ1n) is 5.57. The number of aryl methyl sites for hydroxylation is 1. The number of nitrogens with zero attached hydrogens (tertiary/aromatic N) is 1. The average molecular weight is 189 g/mol. The van der Waals surface area contributed by atoms with Crippen LogP contribution >= 0.6 is 0 Å². The molecule has 1 aliphatic rings. The lowest BCUT2D eigenvalue weighted by Crippen LogP contribution is -2.34. The van der Waals surface area contributed by atoms with E-state index in [1.54, 1.807) is 0 Å². The van der Waals surface area contributed by atoms with E-state index in [0.29, 0.717) is 0 Å². The van der Waals surface area contributed by atoms with Crippen molar-refractivity contribution < 1.29 is 0 Å². The number of piperidine rings is 1. The summed E-state index contributed by atoms with van der Waals surface area (Å²) in [5.41, 5.74) is 2.74. The van der Waals surface area contributed by atoms with Crippen molar-refractivity contribution in [1.29, 1.82) is 0 Å². The van der Waals surface area contributed by atoms with E-state index < -0.39 is 0 Å². The van der Waals surface area contributed by atoms with Crippen LogP contribution in [0.15, 0.2) is 24.3 Å². The van der Waals surface area contributed by atoms with Crippen LogP contribution in [0.5, 0.6) is 0 Å². The number of hydrogen-bond donors (Lipinski definition) is 0. The van der Waals surface area contributed by atoms with Crippen molar-refractivity contribution in [2.24, 2.45) is 5.92 Å². The van der Waals surface area contributed by atoms with Gasteiger partial charge in [-0.05, 0) is 37.8 Å². The fourth-order valence-electron chi connectivity index (χ4n) is 2.18. The third kappa shape index (κ3) is 2.09. The Morgan fingerprint density at radius 3 is 2.57 bits per heavy atom. The quantitative estimate of drug-likeness (QED) is 0.655. The highest BCUT2D eigenvalue weighted by Gasteiger charge is 2.15. The summed E-state index contributed by atoms with van der Waals surface area (Å²) in [4.78, 5) is 2.51. The molecule has 1 aliphatic heterocycles. The van der Waals surface area contributed by atoms with Crippen molar-refractivity contribution in [3.8, 4) is 0 Å². The number of benzene rings is 1. The Hall–Kier alpha value is -0.980. The van der Waals surface area contributed by atoms with Crippen LogP contribution in [0, 0.1) is 12.8 Å². The highest BCUT2D eigenvalue weighted by molar-refractivity contribution is 5.47. The SMILES string of the molecule is Cc1ccc(N2CCC[C@H](C)C2)cc1. The van der Waals surface area contributed by atoms with Gasteiger partial charge in [0, 0.05) is 18.8 Å². The molecule has 1 fully saturated rings. The van der Waals surface area contributed by atoms with E-state index in [0.717, 1.165) is 5.92 Å². The monoisotopic (exact) mass is 189 g/mol. The molecular formula is C13H19N. The molecule has 1 aromatic rings. The van der Waals surface area contributed by atoms with Crippen molar-refractivity contribution in [2.75, 3.05) is 18.0 Å². The van der Waals surface area contributed by atoms with E-state index in [1.165, 1.54) is 37.2 Å². The highest BCUT2D eigenvalue weighted by Crippen LogP contribution is 2.22. The van der Waals surface area contributed by atoms with E-state index in [4.69, 9.17) is 0 Å². The van der Waals surface area contributed by atoms with Crippen LogP contribution in [0.2, 0.25) is 0 Å². The van der Waals surface area contributed by atoms with Gasteiger partial charge in [-0.1, -0.05) is 24.6 Å². The summed E-state index contributed by atoms with van der Waals surface area (Å²) in [6.07, 6.45) is 2.73. The average Bonchev–Trinajstić information content (AvgIpc) is 2.19. The summed E-state index contributed by atoms with van der Waals surface area (Å²) in [5.74, 6) is 0.852. The smallest absolute Gasteiger partial charge is 0.0366 e. The number of hydrogen-bond acceptors (Lipinski definition) is 1. The second kappa shape index (κ2) is 4.04. The lowest BCUT2D eigenvalue weighted by molar-refractivity contribution is 0.447. The van der Waals surface area contributed by atoms with E-state index in [-0.39, 0.29) is 0 Å². The normalized spacial score (nSPS) is 22.4. The zero-order chi connectivity index (χ0) is 9.97. The predicted octanol–water partition coefficient (Wildman–Crippen LogP) is 3.23. The van der Waals surface area contributed by atoms with E-state index in [1.807, 2.05) is 0 Å². The van der Waals surface area contributed by atoms with Gasteiger partial charge < -0.3 is 4.90 Å². The van der Waals surface area contributed by atoms with E-state index in [2.05, 4.69) is 43.0 Å². The lowest BCUT2D eigenvalue weighted by atomic mass is 10.00. The summed E-state index contributed by atoms with van der Waals surface area (Å²) in [7, 11) is 0. The Morgan fingerprint density at radius 1 is 1.21 bits per heavy atom. The third-order valence-corrected chi connectivity index (χ3v) is 3.06. The van der Waals surface area contributed by atoms with Gasteiger partial charge in [0.2, 0.25) is 0 Å². The number of rotatable bonds is 1. The second-order valence-electron chi connectivity index (χ2n) is 4.53. The molecule has 1 heterocycles. The van der Waals surface area contributed by atoms with Gasteiger partial charge in [-0.2, -0.15) is 0 Å². The maximum absolute atomic E-state index is 2.51. The van der Waals surface area contributed by atoms with Crippen LogP contribution < -0.4 is 4.90 Å². The molecule has 0 saturated carbocycles. The Balaban J connectivity index is 2.10. The molecule has 0 spiro atoms. The summed E-state index contributed by atoms with van der Waals surface area (Å²) in [6.45, 7) is 6.94. The van der Waals surface area contributed by atoms with Crippen LogP contribution in [0.25, 0.3) is 0 Å². The highest BCUT2D eigenvalue weighted by atomic mass is 15.1. The fourth-order valence-corrected chi connectivity index (χ4v) is 2.18. The van der Waals surface area contributed by atoms with Crippen LogP contribution in [0.1, 0.15) is 25.3 Å². The van der Waals surface area contributed by atoms with Crippen LogP contribution in [-0.2, 0) is 0 Å². The molecule has 0 radical (unpaired) electrons. The third-order valence-electron chi connectivity index (χ3n) is 3.06. The van der Waals surface area contributed by atoms with Crippen LogP contribution in [-0.4, -0.2) is 13.1 Å². The fraction of sp³-hybridized carbons (Fsp3) is 0.538. The van der Waals surface area contributed by atoms with Gasteiger partial charge in [0.25, 0.3) is 0 Å². The molecule has 1 saturated heterocycles. The van der Waals surface area contributed by atoms with Crippen molar-refractivity contribution in [2.45, 2.75) is 26.7 Å². The van der Waals surface area contributed by atoms with E-state index >= 15 is 0 Å². The minimum atomic E-state index is 0.852. The molecule has 1 heteroatoms. The van der Waals surface area contributed by atoms with Crippen LogP contribution in [0.3, 0.4) is 0 Å². The molecule has 0 N–H and O–H groups in total. The topological polar surface area (TPSA) is 3.24 Å². The predicted molar refractivity (Wildman–Crippen MR) is 61.8 cm³/mol. The molecule has 1 atom stereocenters. The first kappa shape index (κ1) is 9.57. The summed E-state index contributed by atoms with van der Waals surface area (Å²) in [5, 5.41) is 0. The zero-order valence-corrected chi connectivity index (χ0v) is 9.16. The first-order valence-corrected chi connectivity index (χ1v) is 5.57. The van der Waals surface area contributed by atoms with Crippen molar-refractivity contribution in [3.63, 3.8) is 0 Å². The molecule has 0 unspecified atom stereocenters. The maximum atomic E-state index is 2.51. The Kier molecular flexibility index (Phi) is 2.76. The van der Waals surface area contributed by atoms with Gasteiger partial charge in [-0.25, -0.2) is 0 Å². The van der Waals surface area contributed by atoms with Crippen LogP contribution in [0.4, 0.5) is 5.69 Å². The molecular weight excluding hydrogens is 170 g/mol. The van der Waals surface area contributed by atoms with Crippen molar-refractivity contribution in [1.82, 2.24) is 0 Å². The number of anilines is 1. The molecule has 0 bridgehead atoms. The lowest BCUT2D eigenvalue weighted by Gasteiger charge is -2.32. The molecule has 0 amide bonds. The summed E-state index contributed by atoms with van der Waals surface area (Å²) < 4.78 is 0. The van der Waals surface area contributed by atoms with Gasteiger partial charge in [0.05, 0.1) is 0 Å². The van der Waals surface area contributed by atoms with Gasteiger partial charge in [-0.15, -0.1) is 0 Å². The molecule has 2 rings (SSSR count). The largest absolute Gasteiger partial charge is 0.371 e. The standard InChI is InChI=1S/C13H19N/c1-11-5-7-13(8-6-11)14-9-3-4-12(2)10-14/h5-8,12H,3-4,9-10H2,1-2H3/t12-/m0/s1. The molecule has 0 aromatic heterocycles. The molecule has 0 aliphatic carbocycles. The van der Waals surface area contributed by atoms with Gasteiger partial charge in [-0.3, -0.25) is 0 Å². The zero-order valence-electron chi connectivity index (χ0n) is 9.16. The molecule has 1 nitrogen and oxygen atoms in total. The second-order valence-corrected chi connectivity index (χ2v) is 4.53. The summed E-state index contributed by atoms with van der Waals surface area (Å²) >= 11 is 0. The Morgan fingerprint density at radius 2 is 1.93 bits per heavy atom. The van der Waals surface area contributed by atoms with Crippen molar-refractivity contribution >= 4 is 5.69 Å². The molecule has 76 valence electrons. The minimum Gasteiger partial charge on any atom is -0.371 e. The Bertz CT molecular complexity index is 289. The summed E-state index contributed by atoms with van der Waals surface area (Å²) in [6, 6.07) is 8.89. The van der Waals surface area contributed by atoms with Gasteiger partial charge in [0.15, 0.2) is 0 Å². The Labute approximate surface area is 86.7 Å². The molecule has 1 aromatic carbocycles. The molecule has 14 heavy (non-hydrogen) atoms. The van der Waals surface area contributed by atoms with Gasteiger partial charge in [0.1, 0.15) is 0 Å². The van der Waals surface area contributed by atoms with Crippen molar-refractivity contribution in [3.05, 3.63) is 29.8 Å².